The molecule has 0 bridgehead atoms. The maximum absolute atomic E-state index is 12.9. The first-order valence-electron chi connectivity index (χ1n) is 9.58. The number of ether oxygens (including phenoxy) is 1. The normalized spacial score (nSPS) is 14.8. The van der Waals surface area contributed by atoms with E-state index in [-0.39, 0.29) is 27.8 Å². The molecule has 0 N–H and O–H groups in total. The second kappa shape index (κ2) is 10.0. The van der Waals surface area contributed by atoms with Crippen LogP contribution in [0.15, 0.2) is 71.6 Å². The lowest BCUT2D eigenvalue weighted by atomic mass is 10.1. The number of thioether (sulfide) groups is 1. The van der Waals surface area contributed by atoms with E-state index >= 15 is 0 Å². The lowest BCUT2D eigenvalue weighted by molar-refractivity contribution is -0.123. The molecule has 5 nitrogen and oxygen atoms in total. The van der Waals surface area contributed by atoms with Crippen LogP contribution in [0.2, 0.25) is 15.1 Å². The molecule has 3 aromatic carbocycles. The third kappa shape index (κ3) is 5.42. The van der Waals surface area contributed by atoms with E-state index in [1.165, 1.54) is 12.1 Å². The zero-order chi connectivity index (χ0) is 23.5. The Labute approximate surface area is 208 Å². The van der Waals surface area contributed by atoms with Crippen molar-refractivity contribution in [2.75, 3.05) is 0 Å². The Bertz CT molecular complexity index is 1290. The number of benzene rings is 3. The molecule has 1 heterocycles. The van der Waals surface area contributed by atoms with Gasteiger partial charge in [-0.1, -0.05) is 59.1 Å². The molecule has 2 amide bonds. The molecule has 0 saturated carbocycles. The van der Waals surface area contributed by atoms with E-state index in [9.17, 15) is 14.4 Å². The first kappa shape index (κ1) is 23.4. The minimum Gasteiger partial charge on any atom is -0.422 e. The summed E-state index contributed by atoms with van der Waals surface area (Å²) in [5.74, 6) is -0.939. The van der Waals surface area contributed by atoms with E-state index < -0.39 is 17.1 Å². The van der Waals surface area contributed by atoms with Crippen LogP contribution in [0, 0.1) is 0 Å². The van der Waals surface area contributed by atoms with Crippen LogP contribution in [0.25, 0.3) is 6.08 Å². The van der Waals surface area contributed by atoms with Gasteiger partial charge in [0.1, 0.15) is 5.75 Å². The Morgan fingerprint density at radius 3 is 2.36 bits per heavy atom. The van der Waals surface area contributed by atoms with Crippen molar-refractivity contribution in [2.24, 2.45) is 0 Å². The van der Waals surface area contributed by atoms with Gasteiger partial charge in [-0.25, -0.2) is 4.79 Å². The number of amides is 2. The fourth-order valence-electron chi connectivity index (χ4n) is 3.06. The summed E-state index contributed by atoms with van der Waals surface area (Å²) < 4.78 is 5.52. The molecule has 0 atom stereocenters. The molecular formula is C24H14Cl3NO4S. The largest absolute Gasteiger partial charge is 0.422 e. The summed E-state index contributed by atoms with van der Waals surface area (Å²) in [6, 6.07) is 18.0. The van der Waals surface area contributed by atoms with Gasteiger partial charge >= 0.3 is 5.97 Å². The molecule has 0 spiro atoms. The number of esters is 1. The summed E-state index contributed by atoms with van der Waals surface area (Å²) >= 11 is 18.9. The van der Waals surface area contributed by atoms with Gasteiger partial charge in [-0.3, -0.25) is 14.5 Å². The minimum atomic E-state index is -0.659. The molecule has 33 heavy (non-hydrogen) atoms. The highest BCUT2D eigenvalue weighted by Crippen LogP contribution is 2.36. The van der Waals surface area contributed by atoms with E-state index in [1.807, 2.05) is 0 Å². The number of hydrogen-bond donors (Lipinski definition) is 0. The fraction of sp³-hybridized carbons (Fsp3) is 0.0417. The molecule has 1 aliphatic rings. The average Bonchev–Trinajstić information content (AvgIpc) is 3.04. The number of nitrogens with zero attached hydrogens (tertiary/aromatic N) is 1. The lowest BCUT2D eigenvalue weighted by Gasteiger charge is -2.12. The van der Waals surface area contributed by atoms with E-state index in [2.05, 4.69) is 0 Å². The second-order valence-electron chi connectivity index (χ2n) is 6.95. The van der Waals surface area contributed by atoms with Crippen LogP contribution < -0.4 is 4.74 Å². The topological polar surface area (TPSA) is 63.7 Å². The van der Waals surface area contributed by atoms with E-state index in [0.29, 0.717) is 15.6 Å². The molecule has 0 radical (unpaired) electrons. The zero-order valence-corrected chi connectivity index (χ0v) is 19.8. The molecule has 4 rings (SSSR count). The van der Waals surface area contributed by atoms with Crippen molar-refractivity contribution in [3.63, 3.8) is 0 Å². The summed E-state index contributed by atoms with van der Waals surface area (Å²) in [7, 11) is 0. The summed E-state index contributed by atoms with van der Waals surface area (Å²) in [5, 5.41) is 0.783. The Balaban J connectivity index is 1.59. The number of rotatable bonds is 5. The average molecular weight is 519 g/mol. The maximum atomic E-state index is 12.9. The van der Waals surface area contributed by atoms with Gasteiger partial charge in [0.05, 0.1) is 22.0 Å². The summed E-state index contributed by atoms with van der Waals surface area (Å²) in [6.07, 6.45) is 1.48. The lowest BCUT2D eigenvalue weighted by Crippen LogP contribution is -2.27. The molecule has 0 unspecified atom stereocenters. The van der Waals surface area contributed by atoms with Gasteiger partial charge in [0, 0.05) is 15.6 Å². The van der Waals surface area contributed by atoms with Crippen LogP contribution in [0.3, 0.4) is 0 Å². The van der Waals surface area contributed by atoms with Crippen LogP contribution in [0.1, 0.15) is 21.5 Å². The maximum Gasteiger partial charge on any atom is 0.345 e. The van der Waals surface area contributed by atoms with Gasteiger partial charge in [-0.2, -0.15) is 0 Å². The highest BCUT2D eigenvalue weighted by Gasteiger charge is 2.35. The SMILES string of the molecule is O=C(Oc1ccc(Cl)cc1/C=C1\SC(=O)N(Cc2ccc(Cl)cc2)C1=O)c1ccccc1Cl. The van der Waals surface area contributed by atoms with E-state index in [4.69, 9.17) is 39.5 Å². The minimum absolute atomic E-state index is 0.114. The van der Waals surface area contributed by atoms with Crippen molar-refractivity contribution >= 4 is 69.8 Å². The van der Waals surface area contributed by atoms with Crippen molar-refractivity contribution in [2.45, 2.75) is 6.54 Å². The number of carbonyl (C=O) groups excluding carboxylic acids is 3. The van der Waals surface area contributed by atoms with Crippen LogP contribution in [0.5, 0.6) is 5.75 Å². The molecule has 3 aromatic rings. The zero-order valence-electron chi connectivity index (χ0n) is 16.8. The number of halogens is 3. The van der Waals surface area contributed by atoms with Crippen molar-refractivity contribution < 1.29 is 19.1 Å². The summed E-state index contributed by atoms with van der Waals surface area (Å²) in [6.45, 7) is 0.114. The summed E-state index contributed by atoms with van der Waals surface area (Å²) in [4.78, 5) is 39.3. The van der Waals surface area contributed by atoms with Crippen molar-refractivity contribution in [1.29, 1.82) is 0 Å². The standard InChI is InChI=1S/C24H14Cl3NO4S/c25-16-7-5-14(6-8-16)13-28-22(29)21(33-24(28)31)12-15-11-17(26)9-10-20(15)32-23(30)18-3-1-2-4-19(18)27/h1-12H,13H2/b21-12-. The van der Waals surface area contributed by atoms with E-state index in [0.717, 1.165) is 22.2 Å². The smallest absolute Gasteiger partial charge is 0.345 e. The Morgan fingerprint density at radius 1 is 0.939 bits per heavy atom. The molecular weight excluding hydrogens is 505 g/mol. The Hall–Kier alpha value is -2.77. The van der Waals surface area contributed by atoms with Gasteiger partial charge in [0.25, 0.3) is 11.1 Å². The quantitative estimate of drug-likeness (QED) is 0.205. The highest BCUT2D eigenvalue weighted by molar-refractivity contribution is 8.18. The molecule has 0 aromatic heterocycles. The van der Waals surface area contributed by atoms with Crippen molar-refractivity contribution in [3.05, 3.63) is 103 Å². The van der Waals surface area contributed by atoms with Crippen LogP contribution >= 0.6 is 46.6 Å². The molecule has 1 fully saturated rings. The molecule has 1 aliphatic heterocycles. The Kier molecular flexibility index (Phi) is 7.10. The third-order valence-electron chi connectivity index (χ3n) is 4.68. The second-order valence-corrected chi connectivity index (χ2v) is 9.22. The number of imide groups is 1. The van der Waals surface area contributed by atoms with Gasteiger partial charge in [0.2, 0.25) is 0 Å². The van der Waals surface area contributed by atoms with Gasteiger partial charge in [-0.05, 0) is 65.9 Å². The van der Waals surface area contributed by atoms with Gasteiger partial charge in [0.15, 0.2) is 0 Å². The van der Waals surface area contributed by atoms with E-state index in [1.54, 1.807) is 60.7 Å². The van der Waals surface area contributed by atoms with Crippen LogP contribution in [-0.4, -0.2) is 22.0 Å². The van der Waals surface area contributed by atoms with Crippen LogP contribution in [-0.2, 0) is 11.3 Å². The highest BCUT2D eigenvalue weighted by atomic mass is 35.5. The number of hydrogen-bond acceptors (Lipinski definition) is 5. The molecule has 0 aliphatic carbocycles. The monoisotopic (exact) mass is 517 g/mol. The van der Waals surface area contributed by atoms with Crippen LogP contribution in [0.4, 0.5) is 4.79 Å². The fourth-order valence-corrected chi connectivity index (χ4v) is 4.41. The number of carbonyl (C=O) groups is 3. The van der Waals surface area contributed by atoms with Crippen molar-refractivity contribution in [3.8, 4) is 5.75 Å². The predicted molar refractivity (Wildman–Crippen MR) is 131 cm³/mol. The van der Waals surface area contributed by atoms with Crippen molar-refractivity contribution in [1.82, 2.24) is 4.90 Å². The Morgan fingerprint density at radius 2 is 1.64 bits per heavy atom. The molecule has 1 saturated heterocycles. The summed E-state index contributed by atoms with van der Waals surface area (Å²) in [5.41, 5.74) is 1.34. The molecule has 166 valence electrons. The van der Waals surface area contributed by atoms with Gasteiger partial charge in [-0.15, -0.1) is 0 Å². The first-order chi connectivity index (χ1) is 15.8. The predicted octanol–water partition coefficient (Wildman–Crippen LogP) is 7.10. The van der Waals surface area contributed by atoms with Gasteiger partial charge < -0.3 is 4.74 Å². The third-order valence-corrected chi connectivity index (χ3v) is 6.41. The first-order valence-corrected chi connectivity index (χ1v) is 11.5. The molecule has 9 heteroatoms.